The first kappa shape index (κ1) is 20.2. The van der Waals surface area contributed by atoms with Crippen LogP contribution in [0.1, 0.15) is 32.6 Å². The molecule has 29 heavy (non-hydrogen) atoms. The van der Waals surface area contributed by atoms with Crippen LogP contribution in [-0.2, 0) is 24.5 Å². The monoisotopic (exact) mass is 390 g/mol. The lowest BCUT2D eigenvalue weighted by molar-refractivity contribution is -0.385. The number of carbonyl (C=O) groups excluding carboxylic acids is 1. The summed E-state index contributed by atoms with van der Waals surface area (Å²) in [6, 6.07) is 22.1. The lowest BCUT2D eigenvalue weighted by atomic mass is 10.1. The van der Waals surface area contributed by atoms with Crippen molar-refractivity contribution < 1.29 is 14.5 Å². The Balaban J connectivity index is 1.63. The molecular weight excluding hydrogens is 368 g/mol. The molecule has 3 aromatic carbocycles. The lowest BCUT2D eigenvalue weighted by Crippen LogP contribution is -2.24. The Morgan fingerprint density at radius 1 is 0.931 bits per heavy atom. The van der Waals surface area contributed by atoms with Gasteiger partial charge >= 0.3 is 0 Å². The zero-order valence-electron chi connectivity index (χ0n) is 16.1. The summed E-state index contributed by atoms with van der Waals surface area (Å²) in [5, 5.41) is 13.9. The van der Waals surface area contributed by atoms with E-state index in [9.17, 15) is 14.9 Å². The minimum Gasteiger partial charge on any atom is -0.372 e. The number of nitro benzene ring substituents is 1. The number of rotatable bonds is 8. The van der Waals surface area contributed by atoms with E-state index in [0.717, 1.165) is 16.7 Å². The average molecular weight is 390 g/mol. The highest BCUT2D eigenvalue weighted by Gasteiger charge is 2.17. The third-order valence-corrected chi connectivity index (χ3v) is 4.67. The fraction of sp³-hybridized carbons (Fsp3) is 0.174. The zero-order valence-corrected chi connectivity index (χ0v) is 16.1. The van der Waals surface area contributed by atoms with E-state index in [-0.39, 0.29) is 11.6 Å². The molecule has 0 radical (unpaired) electrons. The zero-order chi connectivity index (χ0) is 20.6. The second-order valence-corrected chi connectivity index (χ2v) is 6.64. The molecule has 1 N–H and O–H groups in total. The number of benzene rings is 3. The third-order valence-electron chi connectivity index (χ3n) is 4.67. The predicted octanol–water partition coefficient (Wildman–Crippen LogP) is 4.55. The van der Waals surface area contributed by atoms with Crippen molar-refractivity contribution >= 4 is 11.6 Å². The van der Waals surface area contributed by atoms with Crippen LogP contribution in [0.15, 0.2) is 72.8 Å². The van der Waals surface area contributed by atoms with Gasteiger partial charge in [0.2, 0.25) is 0 Å². The van der Waals surface area contributed by atoms with Crippen LogP contribution in [0.2, 0.25) is 0 Å². The van der Waals surface area contributed by atoms with Gasteiger partial charge in [-0.1, -0.05) is 60.7 Å². The van der Waals surface area contributed by atoms with E-state index in [1.807, 2.05) is 54.6 Å². The highest BCUT2D eigenvalue weighted by Crippen LogP contribution is 2.21. The number of carbonyl (C=O) groups is 1. The van der Waals surface area contributed by atoms with Crippen LogP contribution in [0.5, 0.6) is 0 Å². The second kappa shape index (κ2) is 9.61. The largest absolute Gasteiger partial charge is 0.372 e. The number of amides is 1. The molecule has 6 nitrogen and oxygen atoms in total. The molecule has 0 unspecified atom stereocenters. The molecule has 0 aromatic heterocycles. The maximum absolute atomic E-state index is 12.6. The lowest BCUT2D eigenvalue weighted by Gasteiger charge is -2.12. The minimum absolute atomic E-state index is 0.0626. The minimum atomic E-state index is -0.481. The normalized spacial score (nSPS) is 10.5. The molecule has 0 aliphatic heterocycles. The predicted molar refractivity (Wildman–Crippen MR) is 110 cm³/mol. The van der Waals surface area contributed by atoms with Crippen molar-refractivity contribution in [1.29, 1.82) is 0 Å². The molecule has 0 spiro atoms. The summed E-state index contributed by atoms with van der Waals surface area (Å²) in [5.74, 6) is -0.341. The van der Waals surface area contributed by atoms with Crippen molar-refractivity contribution in [2.75, 3.05) is 0 Å². The number of ether oxygens (including phenoxy) is 1. The quantitative estimate of drug-likeness (QED) is 0.452. The van der Waals surface area contributed by atoms with Crippen LogP contribution in [0.25, 0.3) is 0 Å². The topological polar surface area (TPSA) is 81.5 Å². The van der Waals surface area contributed by atoms with E-state index in [2.05, 4.69) is 5.32 Å². The molecule has 1 amide bonds. The molecule has 148 valence electrons. The molecular formula is C23H22N2O4. The van der Waals surface area contributed by atoms with Crippen LogP contribution >= 0.6 is 0 Å². The summed E-state index contributed by atoms with van der Waals surface area (Å²) in [4.78, 5) is 23.2. The summed E-state index contributed by atoms with van der Waals surface area (Å²) >= 11 is 0. The molecule has 0 fully saturated rings. The van der Waals surface area contributed by atoms with Gasteiger partial charge in [-0.2, -0.15) is 0 Å². The van der Waals surface area contributed by atoms with Gasteiger partial charge in [-0.3, -0.25) is 14.9 Å². The van der Waals surface area contributed by atoms with Crippen molar-refractivity contribution in [3.8, 4) is 0 Å². The Bertz CT molecular complexity index is 1000. The average Bonchev–Trinajstić information content (AvgIpc) is 2.73. The molecule has 0 bridgehead atoms. The Kier molecular flexibility index (Phi) is 6.71. The van der Waals surface area contributed by atoms with Crippen molar-refractivity contribution in [1.82, 2.24) is 5.32 Å². The molecule has 6 heteroatoms. The second-order valence-electron chi connectivity index (χ2n) is 6.64. The highest BCUT2D eigenvalue weighted by molar-refractivity contribution is 5.96. The van der Waals surface area contributed by atoms with Crippen LogP contribution in [0.4, 0.5) is 5.69 Å². The van der Waals surface area contributed by atoms with Crippen molar-refractivity contribution in [2.45, 2.75) is 26.7 Å². The van der Waals surface area contributed by atoms with E-state index < -0.39 is 4.92 Å². The molecule has 3 rings (SSSR count). The summed E-state index contributed by atoms with van der Waals surface area (Å²) in [6.07, 6.45) is 0. The first-order valence-electron chi connectivity index (χ1n) is 9.27. The van der Waals surface area contributed by atoms with Gasteiger partial charge in [0.1, 0.15) is 0 Å². The first-order chi connectivity index (χ1) is 14.1. The van der Waals surface area contributed by atoms with E-state index in [4.69, 9.17) is 4.74 Å². The molecule has 0 saturated heterocycles. The summed E-state index contributed by atoms with van der Waals surface area (Å²) in [7, 11) is 0. The molecule has 0 saturated carbocycles. The Hall–Kier alpha value is -3.51. The summed E-state index contributed by atoms with van der Waals surface area (Å²) < 4.78 is 5.81. The fourth-order valence-electron chi connectivity index (χ4n) is 3.06. The number of nitrogens with zero attached hydrogens (tertiary/aromatic N) is 1. The van der Waals surface area contributed by atoms with Gasteiger partial charge in [0.15, 0.2) is 0 Å². The van der Waals surface area contributed by atoms with E-state index in [0.29, 0.717) is 30.9 Å². The maximum atomic E-state index is 12.6. The molecule has 0 atom stereocenters. The molecule has 0 heterocycles. The van der Waals surface area contributed by atoms with Crippen LogP contribution in [0.3, 0.4) is 0 Å². The van der Waals surface area contributed by atoms with Crippen LogP contribution < -0.4 is 5.32 Å². The smallest absolute Gasteiger partial charge is 0.273 e. The number of hydrogen-bond donors (Lipinski definition) is 1. The molecule has 0 aliphatic carbocycles. The summed E-state index contributed by atoms with van der Waals surface area (Å²) in [5.41, 5.74) is 3.62. The van der Waals surface area contributed by atoms with Crippen LogP contribution in [0, 0.1) is 17.0 Å². The Morgan fingerprint density at radius 3 is 2.34 bits per heavy atom. The van der Waals surface area contributed by atoms with Crippen LogP contribution in [-0.4, -0.2) is 10.8 Å². The molecule has 3 aromatic rings. The number of nitro groups is 1. The fourth-order valence-corrected chi connectivity index (χ4v) is 3.06. The van der Waals surface area contributed by atoms with Crippen molar-refractivity contribution in [3.63, 3.8) is 0 Å². The number of nitrogens with one attached hydrogen (secondary N) is 1. The van der Waals surface area contributed by atoms with Gasteiger partial charge < -0.3 is 10.1 Å². The Labute approximate surface area is 169 Å². The van der Waals surface area contributed by atoms with E-state index in [1.165, 1.54) is 12.1 Å². The number of hydrogen-bond acceptors (Lipinski definition) is 4. The molecule has 0 aliphatic rings. The van der Waals surface area contributed by atoms with Gasteiger partial charge in [-0.15, -0.1) is 0 Å². The Morgan fingerprint density at radius 2 is 1.62 bits per heavy atom. The van der Waals surface area contributed by atoms with Crippen molar-refractivity contribution in [3.05, 3.63) is 111 Å². The SMILES string of the molecule is Cc1c(C(=O)NCc2ccccc2COCc2ccccc2)cccc1[N+](=O)[O-]. The highest BCUT2D eigenvalue weighted by atomic mass is 16.6. The first-order valence-corrected chi connectivity index (χ1v) is 9.27. The van der Waals surface area contributed by atoms with Crippen molar-refractivity contribution in [2.24, 2.45) is 0 Å². The van der Waals surface area contributed by atoms with E-state index >= 15 is 0 Å². The van der Waals surface area contributed by atoms with Gasteiger partial charge in [-0.25, -0.2) is 0 Å². The van der Waals surface area contributed by atoms with Gasteiger partial charge in [0.05, 0.1) is 18.1 Å². The third kappa shape index (κ3) is 5.27. The van der Waals surface area contributed by atoms with Gasteiger partial charge in [0, 0.05) is 23.7 Å². The van der Waals surface area contributed by atoms with Gasteiger partial charge in [-0.05, 0) is 29.7 Å². The standard InChI is InChI=1S/C23H22N2O4/c1-17-21(12-7-13-22(17)25(27)28)23(26)24-14-19-10-5-6-11-20(19)16-29-15-18-8-3-2-4-9-18/h2-13H,14-16H2,1H3,(H,24,26). The van der Waals surface area contributed by atoms with Gasteiger partial charge in [0.25, 0.3) is 11.6 Å². The van der Waals surface area contributed by atoms with E-state index in [1.54, 1.807) is 13.0 Å². The summed E-state index contributed by atoms with van der Waals surface area (Å²) in [6.45, 7) is 2.83. The maximum Gasteiger partial charge on any atom is 0.273 e.